The highest BCUT2D eigenvalue weighted by atomic mass is 32.1. The Balaban J connectivity index is 2.51. The van der Waals surface area contributed by atoms with Crippen molar-refractivity contribution in [1.82, 2.24) is 0 Å². The van der Waals surface area contributed by atoms with E-state index in [1.165, 1.54) is 10.4 Å². The number of hydrogen-bond acceptors (Lipinski definition) is 3. The molecule has 3 heteroatoms. The summed E-state index contributed by atoms with van der Waals surface area (Å²) < 4.78 is 0. The fraction of sp³-hybridized carbons (Fsp3) is 0.636. The van der Waals surface area contributed by atoms with Crippen LogP contribution in [-0.4, -0.2) is 5.54 Å². The molecule has 1 rings (SSSR count). The van der Waals surface area contributed by atoms with Crippen molar-refractivity contribution in [1.29, 1.82) is 0 Å². The van der Waals surface area contributed by atoms with Crippen LogP contribution >= 0.6 is 11.3 Å². The molecule has 0 aliphatic heterocycles. The molecule has 1 heterocycles. The largest absolute Gasteiger partial charge is 0.326 e. The third-order valence-corrected chi connectivity index (χ3v) is 3.49. The van der Waals surface area contributed by atoms with Crippen LogP contribution < -0.4 is 11.5 Å². The number of rotatable bonds is 4. The third-order valence-electron chi connectivity index (χ3n) is 2.34. The predicted molar refractivity (Wildman–Crippen MR) is 63.5 cm³/mol. The molecule has 1 unspecified atom stereocenters. The molecular weight excluding hydrogens is 192 g/mol. The third kappa shape index (κ3) is 3.40. The van der Waals surface area contributed by atoms with Gasteiger partial charge in [-0.15, -0.1) is 11.3 Å². The lowest BCUT2D eigenvalue weighted by atomic mass is 9.96. The number of nitrogens with two attached hydrogens (primary N) is 2. The average Bonchev–Trinajstić information content (AvgIpc) is 2.46. The summed E-state index contributed by atoms with van der Waals surface area (Å²) in [6, 6.07) is 2.27. The van der Waals surface area contributed by atoms with Gasteiger partial charge in [0.2, 0.25) is 0 Å². The summed E-state index contributed by atoms with van der Waals surface area (Å²) in [5, 5.41) is 2.10. The van der Waals surface area contributed by atoms with Gasteiger partial charge in [-0.05, 0) is 50.6 Å². The smallest absolute Gasteiger partial charge is 0.0393 e. The molecule has 2 nitrogen and oxygen atoms in total. The van der Waals surface area contributed by atoms with Crippen LogP contribution in [0.1, 0.15) is 43.2 Å². The molecule has 80 valence electrons. The zero-order chi connectivity index (χ0) is 10.8. The van der Waals surface area contributed by atoms with Crippen LogP contribution in [0, 0.1) is 6.92 Å². The fourth-order valence-corrected chi connectivity index (χ4v) is 2.39. The molecule has 4 N–H and O–H groups in total. The Labute approximate surface area is 90.3 Å². The molecule has 0 fully saturated rings. The molecule has 0 spiro atoms. The van der Waals surface area contributed by atoms with Crippen LogP contribution in [-0.2, 0) is 0 Å². The van der Waals surface area contributed by atoms with E-state index in [0.717, 1.165) is 12.8 Å². The zero-order valence-electron chi connectivity index (χ0n) is 9.21. The van der Waals surface area contributed by atoms with Gasteiger partial charge in [0.25, 0.3) is 0 Å². The Kier molecular flexibility index (Phi) is 3.70. The van der Waals surface area contributed by atoms with Gasteiger partial charge in [-0.25, -0.2) is 0 Å². The first-order valence-electron chi connectivity index (χ1n) is 4.98. The Morgan fingerprint density at radius 1 is 1.50 bits per heavy atom. The highest BCUT2D eigenvalue weighted by Crippen LogP contribution is 2.26. The van der Waals surface area contributed by atoms with E-state index >= 15 is 0 Å². The van der Waals surface area contributed by atoms with E-state index in [4.69, 9.17) is 11.5 Å². The van der Waals surface area contributed by atoms with E-state index < -0.39 is 0 Å². The molecule has 0 saturated carbocycles. The average molecular weight is 212 g/mol. The Bertz CT molecular complexity index is 286. The summed E-state index contributed by atoms with van der Waals surface area (Å²) in [6.07, 6.45) is 1.93. The van der Waals surface area contributed by atoms with Gasteiger partial charge in [-0.1, -0.05) is 0 Å². The SMILES string of the molecule is Cc1ccsc1C(N)CCC(C)(C)N. The second kappa shape index (κ2) is 4.43. The highest BCUT2D eigenvalue weighted by molar-refractivity contribution is 7.10. The minimum absolute atomic E-state index is 0.108. The van der Waals surface area contributed by atoms with Crippen molar-refractivity contribution in [3.05, 3.63) is 21.9 Å². The minimum Gasteiger partial charge on any atom is -0.326 e. The van der Waals surface area contributed by atoms with Gasteiger partial charge in [0.1, 0.15) is 0 Å². The standard InChI is InChI=1S/C11H20N2S/c1-8-5-7-14-10(8)9(12)4-6-11(2,3)13/h5,7,9H,4,6,12-13H2,1-3H3. The quantitative estimate of drug-likeness (QED) is 0.806. The molecule has 0 aliphatic rings. The normalized spacial score (nSPS) is 14.4. The Morgan fingerprint density at radius 2 is 2.14 bits per heavy atom. The Morgan fingerprint density at radius 3 is 2.57 bits per heavy atom. The molecule has 0 bridgehead atoms. The van der Waals surface area contributed by atoms with Crippen molar-refractivity contribution < 1.29 is 0 Å². The Hall–Kier alpha value is -0.380. The van der Waals surface area contributed by atoms with E-state index in [0.29, 0.717) is 0 Å². The molecule has 0 radical (unpaired) electrons. The van der Waals surface area contributed by atoms with E-state index in [-0.39, 0.29) is 11.6 Å². The summed E-state index contributed by atoms with van der Waals surface area (Å²) in [5.41, 5.74) is 13.2. The number of thiophene rings is 1. The number of aryl methyl sites for hydroxylation is 1. The lowest BCUT2D eigenvalue weighted by Crippen LogP contribution is -2.32. The van der Waals surface area contributed by atoms with Crippen molar-refractivity contribution in [3.63, 3.8) is 0 Å². The molecular formula is C11H20N2S. The molecule has 1 aromatic rings. The van der Waals surface area contributed by atoms with Gasteiger partial charge in [-0.3, -0.25) is 0 Å². The number of hydrogen-bond donors (Lipinski definition) is 2. The van der Waals surface area contributed by atoms with Crippen LogP contribution in [0.4, 0.5) is 0 Å². The summed E-state index contributed by atoms with van der Waals surface area (Å²) in [7, 11) is 0. The highest BCUT2D eigenvalue weighted by Gasteiger charge is 2.15. The van der Waals surface area contributed by atoms with Gasteiger partial charge in [-0.2, -0.15) is 0 Å². The van der Waals surface area contributed by atoms with Gasteiger partial charge in [0.15, 0.2) is 0 Å². The van der Waals surface area contributed by atoms with Crippen LogP contribution in [0.25, 0.3) is 0 Å². The molecule has 1 atom stereocenters. The summed E-state index contributed by atoms with van der Waals surface area (Å²) in [5.74, 6) is 0. The first-order valence-corrected chi connectivity index (χ1v) is 5.86. The van der Waals surface area contributed by atoms with Crippen molar-refractivity contribution in [2.45, 2.75) is 45.2 Å². The minimum atomic E-state index is -0.108. The van der Waals surface area contributed by atoms with Gasteiger partial charge in [0, 0.05) is 16.5 Å². The molecule has 0 amide bonds. The lowest BCUT2D eigenvalue weighted by Gasteiger charge is -2.20. The maximum Gasteiger partial charge on any atom is 0.0393 e. The van der Waals surface area contributed by atoms with E-state index in [1.807, 2.05) is 13.8 Å². The summed E-state index contributed by atoms with van der Waals surface area (Å²) in [4.78, 5) is 1.30. The molecule has 0 aromatic carbocycles. The van der Waals surface area contributed by atoms with Gasteiger partial charge in [0.05, 0.1) is 0 Å². The van der Waals surface area contributed by atoms with Crippen molar-refractivity contribution in [3.8, 4) is 0 Å². The van der Waals surface area contributed by atoms with Crippen molar-refractivity contribution in [2.75, 3.05) is 0 Å². The van der Waals surface area contributed by atoms with Crippen molar-refractivity contribution in [2.24, 2.45) is 11.5 Å². The van der Waals surface area contributed by atoms with E-state index in [1.54, 1.807) is 11.3 Å². The van der Waals surface area contributed by atoms with Gasteiger partial charge >= 0.3 is 0 Å². The lowest BCUT2D eigenvalue weighted by molar-refractivity contribution is 0.434. The van der Waals surface area contributed by atoms with Gasteiger partial charge < -0.3 is 11.5 Å². The zero-order valence-corrected chi connectivity index (χ0v) is 10.0. The first-order chi connectivity index (χ1) is 6.40. The summed E-state index contributed by atoms with van der Waals surface area (Å²) >= 11 is 1.74. The fourth-order valence-electron chi connectivity index (χ4n) is 1.42. The monoisotopic (exact) mass is 212 g/mol. The van der Waals surface area contributed by atoms with Crippen LogP contribution in [0.5, 0.6) is 0 Å². The van der Waals surface area contributed by atoms with Crippen LogP contribution in [0.2, 0.25) is 0 Å². The maximum absolute atomic E-state index is 6.10. The second-order valence-corrected chi connectivity index (χ2v) is 5.55. The van der Waals surface area contributed by atoms with E-state index in [2.05, 4.69) is 18.4 Å². The predicted octanol–water partition coefficient (Wildman–Crippen LogP) is 2.57. The molecule has 0 saturated heterocycles. The molecule has 0 aliphatic carbocycles. The molecule has 14 heavy (non-hydrogen) atoms. The topological polar surface area (TPSA) is 52.0 Å². The van der Waals surface area contributed by atoms with E-state index in [9.17, 15) is 0 Å². The van der Waals surface area contributed by atoms with Crippen LogP contribution in [0.3, 0.4) is 0 Å². The molecule has 1 aromatic heterocycles. The summed E-state index contributed by atoms with van der Waals surface area (Å²) in [6.45, 7) is 6.20. The van der Waals surface area contributed by atoms with Crippen LogP contribution in [0.15, 0.2) is 11.4 Å². The first kappa shape index (κ1) is 11.7. The second-order valence-electron chi connectivity index (χ2n) is 4.60. The van der Waals surface area contributed by atoms with Crippen molar-refractivity contribution >= 4 is 11.3 Å². The maximum atomic E-state index is 6.10.